The predicted molar refractivity (Wildman–Crippen MR) is 81.7 cm³/mol. The van der Waals surface area contributed by atoms with Crippen LogP contribution in [0.3, 0.4) is 0 Å². The molecule has 0 bridgehead atoms. The summed E-state index contributed by atoms with van der Waals surface area (Å²) in [5.74, 6) is 0. The number of rotatable bonds is 5. The van der Waals surface area contributed by atoms with E-state index in [1.54, 1.807) is 0 Å². The van der Waals surface area contributed by atoms with Gasteiger partial charge in [-0.25, -0.2) is 0 Å². The van der Waals surface area contributed by atoms with E-state index in [1.165, 1.54) is 24.3 Å². The molecule has 0 radical (unpaired) electrons. The first-order valence-corrected chi connectivity index (χ1v) is 9.79. The summed E-state index contributed by atoms with van der Waals surface area (Å²) in [6.07, 6.45) is 0. The zero-order valence-corrected chi connectivity index (χ0v) is 13.3. The van der Waals surface area contributed by atoms with Gasteiger partial charge in [-0.1, -0.05) is 0 Å². The van der Waals surface area contributed by atoms with Gasteiger partial charge < -0.3 is 0 Å². The maximum absolute atomic E-state index is 11.1. The van der Waals surface area contributed by atoms with E-state index < -0.39 is 14.2 Å². The molecule has 0 saturated carbocycles. The maximum atomic E-state index is 11.1. The van der Waals surface area contributed by atoms with E-state index in [2.05, 4.69) is 15.5 Å². The Morgan fingerprint density at radius 3 is 1.86 bits per heavy atom. The van der Waals surface area contributed by atoms with Gasteiger partial charge in [0.05, 0.1) is 0 Å². The number of azo groups is 1. The van der Waals surface area contributed by atoms with Crippen LogP contribution in [0.5, 0.6) is 0 Å². The van der Waals surface area contributed by atoms with Crippen LogP contribution in [0.15, 0.2) is 58.8 Å². The van der Waals surface area contributed by atoms with Gasteiger partial charge in [0.15, 0.2) is 0 Å². The van der Waals surface area contributed by atoms with E-state index in [1.807, 2.05) is 31.2 Å². The molecule has 0 heterocycles. The van der Waals surface area contributed by atoms with E-state index in [9.17, 15) is 3.74 Å². The molecular weight excluding hydrogens is 333 g/mol. The molecule has 110 valence electrons. The summed E-state index contributed by atoms with van der Waals surface area (Å²) in [5.41, 5.74) is 2.27. The molecule has 3 N–H and O–H groups in total. The van der Waals surface area contributed by atoms with Gasteiger partial charge in [-0.3, -0.25) is 0 Å². The van der Waals surface area contributed by atoms with Crippen molar-refractivity contribution in [1.29, 1.82) is 0 Å². The number of anilines is 1. The fourth-order valence-electron chi connectivity index (χ4n) is 1.68. The van der Waals surface area contributed by atoms with Crippen molar-refractivity contribution >= 4 is 35.6 Å². The summed E-state index contributed by atoms with van der Waals surface area (Å²) in [7, 11) is 0. The fourth-order valence-corrected chi connectivity index (χ4v) is 2.81. The van der Waals surface area contributed by atoms with Crippen LogP contribution in [0.1, 0.15) is 6.92 Å². The first-order valence-electron chi connectivity index (χ1n) is 6.41. The molecule has 0 atom stereocenters. The quantitative estimate of drug-likeness (QED) is 0.569. The molecular formula is C14H16AsN3O3. The molecule has 0 fully saturated rings. The SMILES string of the molecule is CCNc1ccc(N=Nc2ccc([As](=O)(O)O)cc2)cc1. The topological polar surface area (TPSA) is 94.3 Å². The third-order valence-electron chi connectivity index (χ3n) is 2.72. The number of nitrogens with one attached hydrogen (secondary N) is 1. The van der Waals surface area contributed by atoms with E-state index in [0.717, 1.165) is 12.2 Å². The second-order valence-corrected chi connectivity index (χ2v) is 7.70. The van der Waals surface area contributed by atoms with Crippen LogP contribution in [-0.4, -0.2) is 28.9 Å². The monoisotopic (exact) mass is 349 g/mol. The minimum atomic E-state index is -4.82. The molecule has 6 nitrogen and oxygen atoms in total. The van der Waals surface area contributed by atoms with Crippen molar-refractivity contribution in [3.63, 3.8) is 0 Å². The second-order valence-electron chi connectivity index (χ2n) is 4.34. The summed E-state index contributed by atoms with van der Waals surface area (Å²) in [6, 6.07) is 13.3. The average Bonchev–Trinajstić information content (AvgIpc) is 2.46. The average molecular weight is 349 g/mol. The second kappa shape index (κ2) is 6.72. The zero-order chi connectivity index (χ0) is 15.3. The summed E-state index contributed by atoms with van der Waals surface area (Å²) in [6.45, 7) is 2.88. The van der Waals surface area contributed by atoms with Crippen LogP contribution in [0, 0.1) is 0 Å². The Bertz CT molecular complexity index is 663. The Morgan fingerprint density at radius 2 is 1.43 bits per heavy atom. The standard InChI is InChI=1S/C14H16AsN3O3/c1-2-16-12-7-9-14(10-8-12)18-17-13-5-3-11(4-6-13)15(19,20)21/h3-10,16H,2H2,1H3,(H2,19,20,21). The van der Waals surface area contributed by atoms with Gasteiger partial charge >= 0.3 is 118 Å². The van der Waals surface area contributed by atoms with E-state index in [-0.39, 0.29) is 4.35 Å². The van der Waals surface area contributed by atoms with Crippen molar-refractivity contribution in [2.75, 3.05) is 11.9 Å². The Hall–Kier alpha value is -1.88. The molecule has 0 saturated heterocycles. The molecule has 21 heavy (non-hydrogen) atoms. The summed E-state index contributed by atoms with van der Waals surface area (Å²) >= 11 is -4.82. The van der Waals surface area contributed by atoms with Crippen LogP contribution < -0.4 is 9.67 Å². The molecule has 0 aliphatic rings. The molecule has 7 heteroatoms. The number of hydrogen-bond donors (Lipinski definition) is 3. The van der Waals surface area contributed by atoms with Gasteiger partial charge in [0.25, 0.3) is 0 Å². The van der Waals surface area contributed by atoms with Gasteiger partial charge in [-0.15, -0.1) is 0 Å². The Morgan fingerprint density at radius 1 is 0.952 bits per heavy atom. The van der Waals surface area contributed by atoms with Crippen LogP contribution in [0.2, 0.25) is 0 Å². The van der Waals surface area contributed by atoms with Gasteiger partial charge in [-0.2, -0.15) is 0 Å². The molecule has 2 aromatic rings. The van der Waals surface area contributed by atoms with E-state index in [4.69, 9.17) is 8.19 Å². The molecule has 0 amide bonds. The van der Waals surface area contributed by atoms with Crippen molar-refractivity contribution in [1.82, 2.24) is 0 Å². The first kappa shape index (κ1) is 15.5. The summed E-state index contributed by atoms with van der Waals surface area (Å²) < 4.78 is 29.3. The first-order chi connectivity index (χ1) is 9.99. The third-order valence-corrected chi connectivity index (χ3v) is 4.75. The number of nitrogens with zero attached hydrogens (tertiary/aromatic N) is 2. The van der Waals surface area contributed by atoms with E-state index in [0.29, 0.717) is 11.4 Å². The van der Waals surface area contributed by atoms with Crippen molar-refractivity contribution in [2.45, 2.75) is 6.92 Å². The van der Waals surface area contributed by atoms with Crippen molar-refractivity contribution in [3.8, 4) is 0 Å². The van der Waals surface area contributed by atoms with Gasteiger partial charge in [0, 0.05) is 0 Å². The summed E-state index contributed by atoms with van der Waals surface area (Å²) in [4.78, 5) is 0. The molecule has 2 aromatic carbocycles. The molecule has 0 unspecified atom stereocenters. The predicted octanol–water partition coefficient (Wildman–Crippen LogP) is 2.09. The van der Waals surface area contributed by atoms with Crippen molar-refractivity contribution in [3.05, 3.63) is 48.5 Å². The number of benzene rings is 2. The zero-order valence-electron chi connectivity index (χ0n) is 11.5. The molecule has 0 spiro atoms. The van der Waals surface area contributed by atoms with Gasteiger partial charge in [-0.05, 0) is 6.92 Å². The van der Waals surface area contributed by atoms with E-state index >= 15 is 0 Å². The third kappa shape index (κ3) is 4.56. The Labute approximate surface area is 125 Å². The van der Waals surface area contributed by atoms with Crippen LogP contribution in [-0.2, 0) is 3.74 Å². The van der Waals surface area contributed by atoms with Crippen molar-refractivity contribution in [2.24, 2.45) is 10.2 Å². The molecule has 0 aliphatic carbocycles. The molecule has 0 aliphatic heterocycles. The molecule has 2 rings (SSSR count). The van der Waals surface area contributed by atoms with Crippen LogP contribution >= 0.6 is 0 Å². The summed E-state index contributed by atoms with van der Waals surface area (Å²) in [5, 5.41) is 11.3. The van der Waals surface area contributed by atoms with Gasteiger partial charge in [0.2, 0.25) is 0 Å². The van der Waals surface area contributed by atoms with Crippen LogP contribution in [0.4, 0.5) is 17.1 Å². The Kier molecular flexibility index (Phi) is 4.96. The molecule has 0 aromatic heterocycles. The van der Waals surface area contributed by atoms with Crippen LogP contribution in [0.25, 0.3) is 0 Å². The minimum absolute atomic E-state index is 0.0297. The van der Waals surface area contributed by atoms with Crippen molar-refractivity contribution < 1.29 is 11.9 Å². The normalized spacial score (nSPS) is 11.8. The Balaban J connectivity index is 2.08. The van der Waals surface area contributed by atoms with Gasteiger partial charge in [0.1, 0.15) is 0 Å². The number of hydrogen-bond acceptors (Lipinski definition) is 4. The fraction of sp³-hybridized carbons (Fsp3) is 0.143.